The molecular formula is C13H22N4. The van der Waals surface area contributed by atoms with E-state index in [0.29, 0.717) is 6.04 Å². The molecule has 2 fully saturated rings. The molecule has 3 rings (SSSR count). The van der Waals surface area contributed by atoms with Crippen LogP contribution in [0.2, 0.25) is 0 Å². The van der Waals surface area contributed by atoms with E-state index in [2.05, 4.69) is 26.0 Å². The van der Waals surface area contributed by atoms with E-state index in [1.165, 1.54) is 38.1 Å². The van der Waals surface area contributed by atoms with Gasteiger partial charge in [-0.3, -0.25) is 0 Å². The van der Waals surface area contributed by atoms with Gasteiger partial charge in [-0.05, 0) is 25.8 Å². The second-order valence-corrected chi connectivity index (χ2v) is 5.16. The van der Waals surface area contributed by atoms with E-state index in [0.717, 1.165) is 26.2 Å². The van der Waals surface area contributed by atoms with E-state index >= 15 is 0 Å². The van der Waals surface area contributed by atoms with E-state index < -0.39 is 0 Å². The molecule has 1 N–H and O–H groups in total. The maximum atomic E-state index is 4.59. The lowest BCUT2D eigenvalue weighted by Gasteiger charge is -2.24. The standard InChI is InChI=1S/C13H22N4/c1-2-5-12(4-1)17-11-8-15-13(17)16-9-3-6-14-7-10-16/h8,11-12,14H,1-7,9-10H2. The Morgan fingerprint density at radius 3 is 2.88 bits per heavy atom. The summed E-state index contributed by atoms with van der Waals surface area (Å²) in [6.07, 6.45) is 10.8. The summed E-state index contributed by atoms with van der Waals surface area (Å²) in [6.45, 7) is 4.44. The first-order chi connectivity index (χ1) is 8.45. The van der Waals surface area contributed by atoms with Crippen LogP contribution >= 0.6 is 0 Å². The molecule has 1 aromatic rings. The summed E-state index contributed by atoms with van der Waals surface area (Å²) in [5.41, 5.74) is 0. The predicted octanol–water partition coefficient (Wildman–Crippen LogP) is 1.80. The van der Waals surface area contributed by atoms with Crippen molar-refractivity contribution in [2.24, 2.45) is 0 Å². The first-order valence-electron chi connectivity index (χ1n) is 6.93. The van der Waals surface area contributed by atoms with Gasteiger partial charge in [0.15, 0.2) is 0 Å². The van der Waals surface area contributed by atoms with Gasteiger partial charge < -0.3 is 14.8 Å². The third kappa shape index (κ3) is 2.32. The summed E-state index contributed by atoms with van der Waals surface area (Å²) in [5.74, 6) is 1.20. The molecule has 0 spiro atoms. The lowest BCUT2D eigenvalue weighted by Crippen LogP contribution is -2.30. The minimum Gasteiger partial charge on any atom is -0.341 e. The van der Waals surface area contributed by atoms with Crippen molar-refractivity contribution in [1.29, 1.82) is 0 Å². The molecule has 0 bridgehead atoms. The lowest BCUT2D eigenvalue weighted by atomic mass is 10.2. The van der Waals surface area contributed by atoms with Gasteiger partial charge in [0.25, 0.3) is 0 Å². The normalized spacial score (nSPS) is 22.9. The largest absolute Gasteiger partial charge is 0.341 e. The van der Waals surface area contributed by atoms with Crippen molar-refractivity contribution in [1.82, 2.24) is 14.9 Å². The first-order valence-corrected chi connectivity index (χ1v) is 6.93. The van der Waals surface area contributed by atoms with Gasteiger partial charge in [0.2, 0.25) is 5.95 Å². The molecule has 1 aliphatic carbocycles. The van der Waals surface area contributed by atoms with E-state index in [1.807, 2.05) is 6.20 Å². The van der Waals surface area contributed by atoms with Gasteiger partial charge in [0.1, 0.15) is 0 Å². The highest BCUT2D eigenvalue weighted by Crippen LogP contribution is 2.32. The summed E-state index contributed by atoms with van der Waals surface area (Å²) in [6, 6.07) is 0.698. The van der Waals surface area contributed by atoms with Gasteiger partial charge in [-0.25, -0.2) is 4.98 Å². The summed E-state index contributed by atoms with van der Waals surface area (Å²) in [5, 5.41) is 3.45. The second-order valence-electron chi connectivity index (χ2n) is 5.16. The van der Waals surface area contributed by atoms with Crippen LogP contribution in [0, 0.1) is 0 Å². The van der Waals surface area contributed by atoms with Crippen LogP contribution in [0.1, 0.15) is 38.1 Å². The van der Waals surface area contributed by atoms with Crippen molar-refractivity contribution in [3.8, 4) is 0 Å². The van der Waals surface area contributed by atoms with Crippen molar-refractivity contribution >= 4 is 5.95 Å². The molecule has 2 aliphatic rings. The monoisotopic (exact) mass is 234 g/mol. The maximum Gasteiger partial charge on any atom is 0.205 e. The molecule has 0 radical (unpaired) electrons. The topological polar surface area (TPSA) is 33.1 Å². The Morgan fingerprint density at radius 2 is 2.00 bits per heavy atom. The van der Waals surface area contributed by atoms with Crippen LogP contribution in [-0.4, -0.2) is 35.7 Å². The third-order valence-corrected chi connectivity index (χ3v) is 3.99. The molecule has 17 heavy (non-hydrogen) atoms. The van der Waals surface area contributed by atoms with Crippen LogP contribution in [0.3, 0.4) is 0 Å². The third-order valence-electron chi connectivity index (χ3n) is 3.99. The van der Waals surface area contributed by atoms with Gasteiger partial charge in [-0.1, -0.05) is 12.8 Å². The molecule has 0 unspecified atom stereocenters. The van der Waals surface area contributed by atoms with E-state index in [1.54, 1.807) is 0 Å². The molecule has 2 heterocycles. The van der Waals surface area contributed by atoms with Gasteiger partial charge in [-0.15, -0.1) is 0 Å². The molecule has 0 amide bonds. The number of imidazole rings is 1. The number of hydrogen-bond acceptors (Lipinski definition) is 3. The highest BCUT2D eigenvalue weighted by Gasteiger charge is 2.22. The van der Waals surface area contributed by atoms with Crippen LogP contribution in [0.15, 0.2) is 12.4 Å². The number of rotatable bonds is 2. The van der Waals surface area contributed by atoms with E-state index in [9.17, 15) is 0 Å². The molecule has 1 saturated carbocycles. The Hall–Kier alpha value is -1.03. The zero-order valence-electron chi connectivity index (χ0n) is 10.4. The molecule has 1 aromatic heterocycles. The van der Waals surface area contributed by atoms with Gasteiger partial charge in [-0.2, -0.15) is 0 Å². The Bertz CT molecular complexity index is 346. The number of aromatic nitrogens is 2. The Kier molecular flexibility index (Phi) is 3.31. The lowest BCUT2D eigenvalue weighted by molar-refractivity contribution is 0.512. The molecule has 1 aliphatic heterocycles. The van der Waals surface area contributed by atoms with Gasteiger partial charge >= 0.3 is 0 Å². The van der Waals surface area contributed by atoms with Crippen molar-refractivity contribution in [2.45, 2.75) is 38.1 Å². The van der Waals surface area contributed by atoms with Gasteiger partial charge in [0.05, 0.1) is 0 Å². The van der Waals surface area contributed by atoms with E-state index in [4.69, 9.17) is 0 Å². The molecule has 94 valence electrons. The summed E-state index contributed by atoms with van der Waals surface area (Å²) < 4.78 is 2.42. The highest BCUT2D eigenvalue weighted by atomic mass is 15.3. The fourth-order valence-electron chi connectivity index (χ4n) is 3.06. The SMILES string of the molecule is c1cn(C2CCCC2)c(N2CCCNCC2)n1. The highest BCUT2D eigenvalue weighted by molar-refractivity contribution is 5.32. The Balaban J connectivity index is 1.79. The zero-order valence-corrected chi connectivity index (χ0v) is 10.4. The number of hydrogen-bond donors (Lipinski definition) is 1. The molecule has 4 nitrogen and oxygen atoms in total. The number of nitrogens with one attached hydrogen (secondary N) is 1. The maximum absolute atomic E-state index is 4.59. The average molecular weight is 234 g/mol. The van der Waals surface area contributed by atoms with Crippen LogP contribution in [0.5, 0.6) is 0 Å². The number of nitrogens with zero attached hydrogens (tertiary/aromatic N) is 3. The zero-order chi connectivity index (χ0) is 11.5. The Morgan fingerprint density at radius 1 is 1.12 bits per heavy atom. The Labute approximate surface area is 103 Å². The van der Waals surface area contributed by atoms with Crippen molar-refractivity contribution < 1.29 is 0 Å². The minimum absolute atomic E-state index is 0.698. The molecular weight excluding hydrogens is 212 g/mol. The summed E-state index contributed by atoms with van der Waals surface area (Å²) >= 11 is 0. The quantitative estimate of drug-likeness (QED) is 0.847. The molecule has 1 saturated heterocycles. The van der Waals surface area contributed by atoms with Crippen LogP contribution in [-0.2, 0) is 0 Å². The first kappa shape index (κ1) is 11.1. The summed E-state index contributed by atoms with van der Waals surface area (Å²) in [4.78, 5) is 7.03. The molecule has 0 atom stereocenters. The predicted molar refractivity (Wildman–Crippen MR) is 69.4 cm³/mol. The number of anilines is 1. The molecule has 0 aromatic carbocycles. The van der Waals surface area contributed by atoms with Crippen molar-refractivity contribution in [2.75, 3.05) is 31.1 Å². The minimum atomic E-state index is 0.698. The van der Waals surface area contributed by atoms with Gasteiger partial charge in [0, 0.05) is 38.1 Å². The van der Waals surface area contributed by atoms with Crippen molar-refractivity contribution in [3.05, 3.63) is 12.4 Å². The average Bonchev–Trinajstić information content (AvgIpc) is 2.95. The van der Waals surface area contributed by atoms with Crippen LogP contribution in [0.4, 0.5) is 5.95 Å². The van der Waals surface area contributed by atoms with E-state index in [-0.39, 0.29) is 0 Å². The fourth-order valence-corrected chi connectivity index (χ4v) is 3.06. The smallest absolute Gasteiger partial charge is 0.205 e. The van der Waals surface area contributed by atoms with Crippen LogP contribution < -0.4 is 10.2 Å². The summed E-state index contributed by atoms with van der Waals surface area (Å²) in [7, 11) is 0. The molecule has 4 heteroatoms. The van der Waals surface area contributed by atoms with Crippen molar-refractivity contribution in [3.63, 3.8) is 0 Å². The fraction of sp³-hybridized carbons (Fsp3) is 0.769. The van der Waals surface area contributed by atoms with Crippen LogP contribution in [0.25, 0.3) is 0 Å². The second kappa shape index (κ2) is 5.08.